The van der Waals surface area contributed by atoms with Gasteiger partial charge in [0.2, 0.25) is 6.23 Å². The minimum Gasteiger partial charge on any atom is -0.469 e. The first-order chi connectivity index (χ1) is 14.5. The lowest BCUT2D eigenvalue weighted by atomic mass is 10.2. The molecule has 0 amide bonds. The second-order valence-electron chi connectivity index (χ2n) is 11.6. The summed E-state index contributed by atoms with van der Waals surface area (Å²) in [6, 6.07) is 0. The molecule has 2 aromatic heterocycles. The Morgan fingerprint density at radius 1 is 1.00 bits per heavy atom. The smallest absolute Gasteiger partial charge is 0.207 e. The van der Waals surface area contributed by atoms with Crippen molar-refractivity contribution in [2.24, 2.45) is 0 Å². The maximum atomic E-state index is 6.78. The summed E-state index contributed by atoms with van der Waals surface area (Å²) in [6.07, 6.45) is 4.51. The zero-order chi connectivity index (χ0) is 24.1. The maximum Gasteiger partial charge on any atom is 0.207 e. The van der Waals surface area contributed by atoms with E-state index in [2.05, 4.69) is 88.8 Å². The quantitative estimate of drug-likeness (QED) is 0.569. The largest absolute Gasteiger partial charge is 0.469 e. The zero-order valence-corrected chi connectivity index (χ0v) is 23.2. The summed E-state index contributed by atoms with van der Waals surface area (Å²) in [7, 11) is -3.99. The molecule has 2 atom stereocenters. The van der Waals surface area contributed by atoms with Gasteiger partial charge in [-0.3, -0.25) is 4.57 Å². The summed E-state index contributed by atoms with van der Waals surface area (Å²) in [5.74, 6) is 1.13. The molecule has 1 aliphatic heterocycles. The topological polar surface area (TPSA) is 97.3 Å². The van der Waals surface area contributed by atoms with E-state index in [4.69, 9.17) is 19.3 Å². The summed E-state index contributed by atoms with van der Waals surface area (Å²) in [5, 5.41) is 0.187. The zero-order valence-electron chi connectivity index (χ0n) is 21.2. The molecule has 3 rings (SSSR count). The van der Waals surface area contributed by atoms with E-state index < -0.39 is 22.9 Å². The molecule has 0 fully saturated rings. The van der Waals surface area contributed by atoms with Gasteiger partial charge in [-0.1, -0.05) is 41.5 Å². The highest BCUT2D eigenvalue weighted by Crippen LogP contribution is 2.42. The SMILES string of the molecule is CC(C)(C)[Si](C)(C)OCC1=C[C@@H](O[Si](C)(C)C(C)(C)C)[C@H](n2cnc3c(N)ncnc32)O1. The molecule has 2 aromatic rings. The number of ether oxygens (including phenoxy) is 1. The van der Waals surface area contributed by atoms with Gasteiger partial charge in [0, 0.05) is 0 Å². The molecule has 0 saturated heterocycles. The molecule has 0 radical (unpaired) electrons. The molecule has 0 saturated carbocycles. The van der Waals surface area contributed by atoms with Gasteiger partial charge < -0.3 is 19.3 Å². The molecule has 2 N–H and O–H groups in total. The first-order valence-electron chi connectivity index (χ1n) is 11.2. The van der Waals surface area contributed by atoms with E-state index in [-0.39, 0.29) is 16.2 Å². The van der Waals surface area contributed by atoms with E-state index in [1.807, 2.05) is 4.57 Å². The Labute approximate surface area is 193 Å². The molecular formula is C22H39N5O3Si2. The lowest BCUT2D eigenvalue weighted by molar-refractivity contribution is 0.000648. The van der Waals surface area contributed by atoms with Gasteiger partial charge in [0.1, 0.15) is 30.0 Å². The molecule has 0 aliphatic carbocycles. The van der Waals surface area contributed by atoms with Crippen LogP contribution in [-0.2, 0) is 13.6 Å². The van der Waals surface area contributed by atoms with Crippen molar-refractivity contribution in [3.8, 4) is 0 Å². The van der Waals surface area contributed by atoms with Gasteiger partial charge >= 0.3 is 0 Å². The number of rotatable bonds is 6. The minimum atomic E-state index is -2.07. The van der Waals surface area contributed by atoms with Gasteiger partial charge in [0.05, 0.1) is 6.61 Å². The summed E-state index contributed by atoms with van der Waals surface area (Å²) < 4.78 is 21.5. The number of imidazole rings is 1. The second kappa shape index (κ2) is 8.23. The van der Waals surface area contributed by atoms with Gasteiger partial charge in [-0.2, -0.15) is 0 Å². The standard InChI is InChI=1S/C22H39N5O3Si2/c1-21(2,3)31(7,8)28-12-15-11-16(30-32(9,10)22(4,5)6)20(29-15)27-14-26-17-18(23)24-13-25-19(17)27/h11,13-14,16,20H,12H2,1-10H3,(H2,23,24,25)/t16-,20-/m1/s1. The average Bonchev–Trinajstić information content (AvgIpc) is 3.22. The van der Waals surface area contributed by atoms with Crippen molar-refractivity contribution in [1.82, 2.24) is 19.5 Å². The van der Waals surface area contributed by atoms with Crippen LogP contribution in [0.5, 0.6) is 0 Å². The number of hydrogen-bond acceptors (Lipinski definition) is 7. The second-order valence-corrected chi connectivity index (χ2v) is 21.2. The molecule has 0 spiro atoms. The Kier molecular flexibility index (Phi) is 6.40. The van der Waals surface area contributed by atoms with E-state index >= 15 is 0 Å². The molecule has 10 heteroatoms. The molecule has 8 nitrogen and oxygen atoms in total. The van der Waals surface area contributed by atoms with Gasteiger partial charge in [-0.05, 0) is 42.3 Å². The monoisotopic (exact) mass is 477 g/mol. The highest BCUT2D eigenvalue weighted by molar-refractivity contribution is 6.74. The van der Waals surface area contributed by atoms with Crippen molar-refractivity contribution in [2.45, 2.75) is 90.1 Å². The van der Waals surface area contributed by atoms with Crippen LogP contribution in [0.3, 0.4) is 0 Å². The molecule has 0 unspecified atom stereocenters. The van der Waals surface area contributed by atoms with Crippen molar-refractivity contribution in [3.05, 3.63) is 24.5 Å². The summed E-state index contributed by atoms with van der Waals surface area (Å²) in [6.45, 7) is 22.8. The minimum absolute atomic E-state index is 0.0649. The van der Waals surface area contributed by atoms with E-state index in [0.29, 0.717) is 23.6 Å². The van der Waals surface area contributed by atoms with Crippen molar-refractivity contribution in [3.63, 3.8) is 0 Å². The number of aromatic nitrogens is 4. The number of fused-ring (bicyclic) bond motifs is 1. The van der Waals surface area contributed by atoms with Crippen LogP contribution in [0.2, 0.25) is 36.3 Å². The Balaban J connectivity index is 1.92. The van der Waals surface area contributed by atoms with E-state index in [1.54, 1.807) is 6.33 Å². The van der Waals surface area contributed by atoms with E-state index in [9.17, 15) is 0 Å². The Hall–Kier alpha value is -1.76. The highest BCUT2D eigenvalue weighted by atomic mass is 28.4. The van der Waals surface area contributed by atoms with Crippen LogP contribution in [0.4, 0.5) is 5.82 Å². The van der Waals surface area contributed by atoms with Gasteiger partial charge in [-0.15, -0.1) is 0 Å². The van der Waals surface area contributed by atoms with Crippen LogP contribution in [0.1, 0.15) is 47.8 Å². The number of nitrogens with zero attached hydrogens (tertiary/aromatic N) is 4. The fourth-order valence-corrected chi connectivity index (χ4v) is 5.11. The number of anilines is 1. The van der Waals surface area contributed by atoms with Crippen molar-refractivity contribution < 1.29 is 13.6 Å². The van der Waals surface area contributed by atoms with Crippen molar-refractivity contribution in [2.75, 3.05) is 12.3 Å². The molecule has 178 valence electrons. The molecule has 0 aromatic carbocycles. The maximum absolute atomic E-state index is 6.78. The van der Waals surface area contributed by atoms with Crippen molar-refractivity contribution >= 4 is 33.6 Å². The molecule has 0 bridgehead atoms. The Morgan fingerprint density at radius 3 is 2.22 bits per heavy atom. The van der Waals surface area contributed by atoms with Gasteiger partial charge in [0.25, 0.3) is 0 Å². The first-order valence-corrected chi connectivity index (χ1v) is 17.0. The fourth-order valence-electron chi connectivity index (χ4n) is 2.96. The van der Waals surface area contributed by atoms with E-state index in [1.165, 1.54) is 6.33 Å². The van der Waals surface area contributed by atoms with Gasteiger partial charge in [0.15, 0.2) is 28.1 Å². The van der Waals surface area contributed by atoms with Gasteiger partial charge in [-0.25, -0.2) is 15.0 Å². The summed E-state index contributed by atoms with van der Waals surface area (Å²) in [5.41, 5.74) is 7.20. The van der Waals surface area contributed by atoms with Crippen molar-refractivity contribution in [1.29, 1.82) is 0 Å². The lowest BCUT2D eigenvalue weighted by Gasteiger charge is -2.39. The average molecular weight is 478 g/mol. The number of hydrogen-bond donors (Lipinski definition) is 1. The number of nitrogen functional groups attached to an aromatic ring is 1. The summed E-state index contributed by atoms with van der Waals surface area (Å²) >= 11 is 0. The van der Waals surface area contributed by atoms with Crippen LogP contribution < -0.4 is 5.73 Å². The summed E-state index contributed by atoms with van der Waals surface area (Å²) in [4.78, 5) is 12.9. The Bertz CT molecular complexity index is 1010. The molecule has 32 heavy (non-hydrogen) atoms. The third kappa shape index (κ3) is 4.78. The van der Waals surface area contributed by atoms with Crippen LogP contribution in [0.15, 0.2) is 24.5 Å². The third-order valence-electron chi connectivity index (χ3n) is 7.18. The predicted molar refractivity (Wildman–Crippen MR) is 133 cm³/mol. The number of nitrogens with two attached hydrogens (primary N) is 1. The molecule has 3 heterocycles. The fraction of sp³-hybridized carbons (Fsp3) is 0.682. The molecular weight excluding hydrogens is 438 g/mol. The predicted octanol–water partition coefficient (Wildman–Crippen LogP) is 5.23. The van der Waals surface area contributed by atoms with Crippen LogP contribution in [0.25, 0.3) is 11.2 Å². The van der Waals surface area contributed by atoms with Crippen LogP contribution in [0, 0.1) is 0 Å². The van der Waals surface area contributed by atoms with Crippen LogP contribution in [-0.4, -0.2) is 48.9 Å². The molecule has 1 aliphatic rings. The lowest BCUT2D eigenvalue weighted by Crippen LogP contribution is -2.45. The normalized spacial score (nSPS) is 20.5. The Morgan fingerprint density at radius 2 is 1.62 bits per heavy atom. The first kappa shape index (κ1) is 24.9. The highest BCUT2D eigenvalue weighted by Gasteiger charge is 2.44. The third-order valence-corrected chi connectivity index (χ3v) is 16.1. The van der Waals surface area contributed by atoms with Crippen LogP contribution >= 0.6 is 0 Å². The van der Waals surface area contributed by atoms with E-state index in [0.717, 1.165) is 5.76 Å².